The van der Waals surface area contributed by atoms with Crippen LogP contribution in [-0.4, -0.2) is 24.8 Å². The highest BCUT2D eigenvalue weighted by Gasteiger charge is 2.15. The van der Waals surface area contributed by atoms with E-state index in [0.29, 0.717) is 5.92 Å². The fourth-order valence-electron chi connectivity index (χ4n) is 1.62. The van der Waals surface area contributed by atoms with Gasteiger partial charge in [-0.05, 0) is 37.1 Å². The minimum absolute atomic E-state index is 0.0470. The zero-order valence-electron chi connectivity index (χ0n) is 11.1. The Morgan fingerprint density at radius 1 is 1.18 bits per heavy atom. The molecule has 0 amide bonds. The number of aliphatic hydroxyl groups is 1. The third kappa shape index (κ3) is 4.36. The first-order valence-electron chi connectivity index (χ1n) is 6.10. The number of nitrogens with one attached hydrogen (secondary N) is 1. The Morgan fingerprint density at radius 2 is 1.76 bits per heavy atom. The van der Waals surface area contributed by atoms with E-state index in [1.54, 1.807) is 7.11 Å². The Balaban J connectivity index is 2.58. The van der Waals surface area contributed by atoms with Gasteiger partial charge in [0.1, 0.15) is 5.75 Å². The quantitative estimate of drug-likeness (QED) is 0.798. The highest BCUT2D eigenvalue weighted by Crippen LogP contribution is 2.20. The van der Waals surface area contributed by atoms with Gasteiger partial charge in [-0.2, -0.15) is 0 Å². The summed E-state index contributed by atoms with van der Waals surface area (Å²) in [6.45, 7) is 7.21. The molecule has 17 heavy (non-hydrogen) atoms. The molecule has 3 nitrogen and oxygen atoms in total. The molecule has 0 spiro atoms. The first-order chi connectivity index (χ1) is 8.04. The SMILES string of the molecule is COc1ccc(C(O)C(C)NCC(C)C)cc1. The van der Waals surface area contributed by atoms with E-state index in [-0.39, 0.29) is 6.04 Å². The molecule has 2 N–H and O–H groups in total. The minimum atomic E-state index is -0.486. The summed E-state index contributed by atoms with van der Waals surface area (Å²) in [6, 6.07) is 7.58. The highest BCUT2D eigenvalue weighted by atomic mass is 16.5. The zero-order chi connectivity index (χ0) is 12.8. The van der Waals surface area contributed by atoms with Crippen molar-refractivity contribution in [1.82, 2.24) is 5.32 Å². The predicted molar refractivity (Wildman–Crippen MR) is 70.3 cm³/mol. The molecule has 1 rings (SSSR count). The lowest BCUT2D eigenvalue weighted by Gasteiger charge is -2.21. The van der Waals surface area contributed by atoms with Gasteiger partial charge in [-0.3, -0.25) is 0 Å². The van der Waals surface area contributed by atoms with Crippen LogP contribution in [0.15, 0.2) is 24.3 Å². The molecule has 96 valence electrons. The van der Waals surface area contributed by atoms with Crippen molar-refractivity contribution in [2.45, 2.75) is 32.9 Å². The molecule has 0 aliphatic carbocycles. The molecule has 0 aromatic heterocycles. The van der Waals surface area contributed by atoms with Gasteiger partial charge in [0.2, 0.25) is 0 Å². The first kappa shape index (κ1) is 14.0. The lowest BCUT2D eigenvalue weighted by Crippen LogP contribution is -2.34. The molecule has 2 unspecified atom stereocenters. The summed E-state index contributed by atoms with van der Waals surface area (Å²) in [5.41, 5.74) is 0.912. The summed E-state index contributed by atoms with van der Waals surface area (Å²) in [7, 11) is 1.64. The molecule has 0 saturated carbocycles. The van der Waals surface area contributed by atoms with Gasteiger partial charge < -0.3 is 15.2 Å². The maximum Gasteiger partial charge on any atom is 0.118 e. The Kier molecular flexibility index (Phi) is 5.45. The van der Waals surface area contributed by atoms with E-state index in [2.05, 4.69) is 19.2 Å². The van der Waals surface area contributed by atoms with E-state index in [4.69, 9.17) is 4.74 Å². The van der Waals surface area contributed by atoms with E-state index in [1.165, 1.54) is 0 Å². The molecular weight excluding hydrogens is 214 g/mol. The average molecular weight is 237 g/mol. The first-order valence-corrected chi connectivity index (χ1v) is 6.10. The van der Waals surface area contributed by atoms with Crippen molar-refractivity contribution < 1.29 is 9.84 Å². The maximum atomic E-state index is 10.2. The zero-order valence-corrected chi connectivity index (χ0v) is 11.1. The maximum absolute atomic E-state index is 10.2. The monoisotopic (exact) mass is 237 g/mol. The molecule has 2 atom stereocenters. The van der Waals surface area contributed by atoms with Crippen molar-refractivity contribution in [3.05, 3.63) is 29.8 Å². The number of methoxy groups -OCH3 is 1. The van der Waals surface area contributed by atoms with Crippen molar-refractivity contribution in [3.8, 4) is 5.75 Å². The number of aliphatic hydroxyl groups excluding tert-OH is 1. The smallest absolute Gasteiger partial charge is 0.118 e. The number of rotatable bonds is 6. The number of hydrogen-bond acceptors (Lipinski definition) is 3. The average Bonchev–Trinajstić information content (AvgIpc) is 2.35. The lowest BCUT2D eigenvalue weighted by molar-refractivity contribution is 0.134. The molecule has 0 saturated heterocycles. The van der Waals surface area contributed by atoms with Gasteiger partial charge in [0.05, 0.1) is 13.2 Å². The highest BCUT2D eigenvalue weighted by molar-refractivity contribution is 5.28. The van der Waals surface area contributed by atoms with E-state index < -0.39 is 6.10 Å². The second-order valence-electron chi connectivity index (χ2n) is 4.81. The number of ether oxygens (including phenoxy) is 1. The standard InChI is InChI=1S/C14H23NO2/c1-10(2)9-15-11(3)14(16)12-5-7-13(17-4)8-6-12/h5-8,10-11,14-16H,9H2,1-4H3. The fourth-order valence-corrected chi connectivity index (χ4v) is 1.62. The Labute approximate surface area is 104 Å². The van der Waals surface area contributed by atoms with Crippen LogP contribution < -0.4 is 10.1 Å². The van der Waals surface area contributed by atoms with Crippen LogP contribution in [0.5, 0.6) is 5.75 Å². The van der Waals surface area contributed by atoms with Crippen LogP contribution in [-0.2, 0) is 0 Å². The summed E-state index contributed by atoms with van der Waals surface area (Å²) in [5.74, 6) is 1.39. The summed E-state index contributed by atoms with van der Waals surface area (Å²) in [6.07, 6.45) is -0.486. The summed E-state index contributed by atoms with van der Waals surface area (Å²) in [5, 5.41) is 13.5. The second-order valence-corrected chi connectivity index (χ2v) is 4.81. The fraction of sp³-hybridized carbons (Fsp3) is 0.571. The molecule has 0 radical (unpaired) electrons. The van der Waals surface area contributed by atoms with Crippen LogP contribution in [0.25, 0.3) is 0 Å². The van der Waals surface area contributed by atoms with Crippen LogP contribution in [0.4, 0.5) is 0 Å². The summed E-state index contributed by atoms with van der Waals surface area (Å²) >= 11 is 0. The molecule has 0 bridgehead atoms. The van der Waals surface area contributed by atoms with Crippen LogP contribution in [0.1, 0.15) is 32.4 Å². The summed E-state index contributed by atoms with van der Waals surface area (Å²) < 4.78 is 5.09. The van der Waals surface area contributed by atoms with Crippen LogP contribution in [0, 0.1) is 5.92 Å². The Morgan fingerprint density at radius 3 is 2.24 bits per heavy atom. The van der Waals surface area contributed by atoms with E-state index in [0.717, 1.165) is 17.9 Å². The van der Waals surface area contributed by atoms with Gasteiger partial charge in [0.25, 0.3) is 0 Å². The van der Waals surface area contributed by atoms with Crippen molar-refractivity contribution in [2.75, 3.05) is 13.7 Å². The van der Waals surface area contributed by atoms with Gasteiger partial charge >= 0.3 is 0 Å². The van der Waals surface area contributed by atoms with E-state index in [9.17, 15) is 5.11 Å². The number of hydrogen-bond donors (Lipinski definition) is 2. The van der Waals surface area contributed by atoms with Crippen LogP contribution in [0.2, 0.25) is 0 Å². The van der Waals surface area contributed by atoms with Gasteiger partial charge in [0, 0.05) is 6.04 Å². The van der Waals surface area contributed by atoms with Crippen molar-refractivity contribution in [3.63, 3.8) is 0 Å². The second kappa shape index (κ2) is 6.62. The van der Waals surface area contributed by atoms with Gasteiger partial charge in [-0.1, -0.05) is 26.0 Å². The molecule has 1 aromatic rings. The topological polar surface area (TPSA) is 41.5 Å². The predicted octanol–water partition coefficient (Wildman–Crippen LogP) is 2.36. The molecule has 0 heterocycles. The Bertz CT molecular complexity index is 321. The van der Waals surface area contributed by atoms with Gasteiger partial charge in [-0.15, -0.1) is 0 Å². The Hall–Kier alpha value is -1.06. The van der Waals surface area contributed by atoms with Crippen molar-refractivity contribution in [2.24, 2.45) is 5.92 Å². The lowest BCUT2D eigenvalue weighted by atomic mass is 10.0. The van der Waals surface area contributed by atoms with Crippen LogP contribution >= 0.6 is 0 Å². The minimum Gasteiger partial charge on any atom is -0.497 e. The van der Waals surface area contributed by atoms with Crippen molar-refractivity contribution in [1.29, 1.82) is 0 Å². The van der Waals surface area contributed by atoms with Crippen molar-refractivity contribution >= 4 is 0 Å². The van der Waals surface area contributed by atoms with Gasteiger partial charge in [0.15, 0.2) is 0 Å². The number of benzene rings is 1. The molecule has 0 fully saturated rings. The summed E-state index contributed by atoms with van der Waals surface area (Å²) in [4.78, 5) is 0. The molecule has 1 aromatic carbocycles. The molecular formula is C14H23NO2. The third-order valence-corrected chi connectivity index (χ3v) is 2.78. The normalized spacial score (nSPS) is 14.7. The van der Waals surface area contributed by atoms with E-state index in [1.807, 2.05) is 31.2 Å². The largest absolute Gasteiger partial charge is 0.497 e. The van der Waals surface area contributed by atoms with Crippen LogP contribution in [0.3, 0.4) is 0 Å². The van der Waals surface area contributed by atoms with Gasteiger partial charge in [-0.25, -0.2) is 0 Å². The molecule has 0 aliphatic rings. The molecule has 3 heteroatoms. The van der Waals surface area contributed by atoms with E-state index >= 15 is 0 Å². The molecule has 0 aliphatic heterocycles. The third-order valence-electron chi connectivity index (χ3n) is 2.78.